The molecule has 212 valence electrons. The van der Waals surface area contributed by atoms with Crippen LogP contribution in [-0.4, -0.2) is 83.1 Å². The summed E-state index contributed by atoms with van der Waals surface area (Å²) in [6.07, 6.45) is 1.07. The summed E-state index contributed by atoms with van der Waals surface area (Å²) in [5.74, 6) is -4.94. The first-order chi connectivity index (χ1) is 17.3. The number of amides is 3. The Morgan fingerprint density at radius 1 is 0.811 bits per heavy atom. The van der Waals surface area contributed by atoms with Crippen LogP contribution in [0.4, 0.5) is 0 Å². The van der Waals surface area contributed by atoms with Gasteiger partial charge in [-0.25, -0.2) is 4.79 Å². The topological polar surface area (TPSA) is 278 Å². The monoisotopic (exact) mass is 530 g/mol. The predicted molar refractivity (Wildman–Crippen MR) is 136 cm³/mol. The molecule has 0 heterocycles. The van der Waals surface area contributed by atoms with Gasteiger partial charge in [0.2, 0.25) is 17.7 Å². The molecule has 0 aliphatic heterocycles. The van der Waals surface area contributed by atoms with E-state index < -0.39 is 60.2 Å². The molecule has 4 atom stereocenters. The minimum absolute atomic E-state index is 0.0199. The average Bonchev–Trinajstić information content (AvgIpc) is 2.78. The van der Waals surface area contributed by atoms with Gasteiger partial charge in [0.25, 0.3) is 0 Å². The number of carboxylic acid groups (broad SMARTS) is 2. The molecule has 0 bridgehead atoms. The Hall–Kier alpha value is -3.46. The van der Waals surface area contributed by atoms with Crippen LogP contribution in [0.25, 0.3) is 0 Å². The fourth-order valence-electron chi connectivity index (χ4n) is 3.33. The number of nitrogens with zero attached hydrogens (tertiary/aromatic N) is 1. The van der Waals surface area contributed by atoms with Gasteiger partial charge in [0.1, 0.15) is 18.1 Å². The van der Waals surface area contributed by atoms with Gasteiger partial charge < -0.3 is 49.1 Å². The molecule has 0 radical (unpaired) electrons. The van der Waals surface area contributed by atoms with Crippen LogP contribution in [0.15, 0.2) is 4.99 Å². The molecule has 0 aliphatic rings. The molecule has 0 aromatic carbocycles. The predicted octanol–water partition coefficient (Wildman–Crippen LogP) is -2.44. The SMILES string of the molecule is CC(C)CC(NC(=O)C(CCCN=C(N)N)NC(=O)C(CCCCN)NC(=O)C(N)CC(=O)O)C(=O)O. The summed E-state index contributed by atoms with van der Waals surface area (Å²) < 4.78 is 0. The second-order valence-electron chi connectivity index (χ2n) is 9.09. The highest BCUT2D eigenvalue weighted by Crippen LogP contribution is 2.08. The van der Waals surface area contributed by atoms with E-state index in [1.54, 1.807) is 13.8 Å². The highest BCUT2D eigenvalue weighted by Gasteiger charge is 2.30. The van der Waals surface area contributed by atoms with Gasteiger partial charge in [0, 0.05) is 6.54 Å². The number of carboxylic acids is 2. The van der Waals surface area contributed by atoms with Crippen LogP contribution >= 0.6 is 0 Å². The van der Waals surface area contributed by atoms with Gasteiger partial charge in [-0.1, -0.05) is 13.8 Å². The number of aliphatic carboxylic acids is 2. The summed E-state index contributed by atoms with van der Waals surface area (Å²) in [7, 11) is 0. The van der Waals surface area contributed by atoms with Crippen LogP contribution in [0, 0.1) is 5.92 Å². The standard InChI is InChI=1S/C22H42N8O7/c1-12(2)10-16(21(36)37)30-20(35)15(7-5-9-27-22(25)26)29-19(34)14(6-3-4-8-23)28-18(33)13(24)11-17(31)32/h12-16H,3-11,23-24H2,1-2H3,(H,28,33)(H,29,34)(H,30,35)(H,31,32)(H,36,37)(H4,25,26,27). The van der Waals surface area contributed by atoms with Crippen molar-refractivity contribution in [2.45, 2.75) is 83.0 Å². The van der Waals surface area contributed by atoms with Crippen molar-refractivity contribution in [1.29, 1.82) is 0 Å². The Balaban J connectivity index is 5.66. The number of aliphatic imine (C=N–C) groups is 1. The molecular weight excluding hydrogens is 488 g/mol. The lowest BCUT2D eigenvalue weighted by Gasteiger charge is -2.25. The van der Waals surface area contributed by atoms with Crippen LogP contribution in [0.1, 0.15) is 58.8 Å². The molecule has 0 aliphatic carbocycles. The van der Waals surface area contributed by atoms with Crippen LogP contribution in [0.5, 0.6) is 0 Å². The molecule has 0 rings (SSSR count). The third-order valence-corrected chi connectivity index (χ3v) is 5.21. The smallest absolute Gasteiger partial charge is 0.326 e. The number of nitrogens with one attached hydrogen (secondary N) is 3. The third kappa shape index (κ3) is 15.3. The van der Waals surface area contributed by atoms with Gasteiger partial charge >= 0.3 is 11.9 Å². The second kappa shape index (κ2) is 17.9. The Bertz CT molecular complexity index is 802. The van der Waals surface area contributed by atoms with E-state index in [2.05, 4.69) is 20.9 Å². The van der Waals surface area contributed by atoms with Gasteiger partial charge in [-0.05, 0) is 51.0 Å². The molecule has 0 spiro atoms. The molecule has 13 N–H and O–H groups in total. The molecule has 15 heteroatoms. The summed E-state index contributed by atoms with van der Waals surface area (Å²) in [5, 5.41) is 25.8. The van der Waals surface area contributed by atoms with Gasteiger partial charge in [-0.15, -0.1) is 0 Å². The first kappa shape index (κ1) is 33.5. The van der Waals surface area contributed by atoms with Crippen LogP contribution < -0.4 is 38.9 Å². The minimum Gasteiger partial charge on any atom is -0.481 e. The van der Waals surface area contributed by atoms with E-state index in [-0.39, 0.29) is 44.1 Å². The maximum absolute atomic E-state index is 13.1. The van der Waals surface area contributed by atoms with Crippen molar-refractivity contribution in [3.63, 3.8) is 0 Å². The highest BCUT2D eigenvalue weighted by atomic mass is 16.4. The number of guanidine groups is 1. The van der Waals surface area contributed by atoms with Gasteiger partial charge in [-0.3, -0.25) is 24.2 Å². The van der Waals surface area contributed by atoms with Crippen molar-refractivity contribution in [3.05, 3.63) is 0 Å². The number of nitrogens with two attached hydrogens (primary N) is 4. The van der Waals surface area contributed by atoms with Crippen LogP contribution in [0.2, 0.25) is 0 Å². The molecule has 0 saturated carbocycles. The molecule has 0 saturated heterocycles. The van der Waals surface area contributed by atoms with Crippen molar-refractivity contribution in [2.75, 3.05) is 13.1 Å². The minimum atomic E-state index is -1.38. The van der Waals surface area contributed by atoms with Gasteiger partial charge in [-0.2, -0.15) is 0 Å². The number of carbonyl (C=O) groups excluding carboxylic acids is 3. The lowest BCUT2D eigenvalue weighted by atomic mass is 10.0. The van der Waals surface area contributed by atoms with E-state index in [1.807, 2.05) is 0 Å². The molecule has 0 aromatic rings. The molecule has 0 fully saturated rings. The molecule has 15 nitrogen and oxygen atoms in total. The number of rotatable bonds is 19. The Labute approximate surface area is 216 Å². The average molecular weight is 531 g/mol. The van der Waals surface area contributed by atoms with Crippen molar-refractivity contribution in [3.8, 4) is 0 Å². The number of carbonyl (C=O) groups is 5. The Morgan fingerprint density at radius 3 is 1.78 bits per heavy atom. The van der Waals surface area contributed by atoms with E-state index in [4.69, 9.17) is 28.0 Å². The fraction of sp³-hybridized carbons (Fsp3) is 0.727. The van der Waals surface area contributed by atoms with E-state index in [0.29, 0.717) is 19.4 Å². The van der Waals surface area contributed by atoms with Crippen LogP contribution in [0.3, 0.4) is 0 Å². The largest absolute Gasteiger partial charge is 0.481 e. The Kier molecular flexibility index (Phi) is 16.2. The van der Waals surface area contributed by atoms with Crippen molar-refractivity contribution >= 4 is 35.6 Å². The Morgan fingerprint density at radius 2 is 1.32 bits per heavy atom. The summed E-state index contributed by atoms with van der Waals surface area (Å²) >= 11 is 0. The van der Waals surface area contributed by atoms with Crippen LogP contribution in [-0.2, 0) is 24.0 Å². The molecule has 4 unspecified atom stereocenters. The zero-order valence-corrected chi connectivity index (χ0v) is 21.4. The second-order valence-corrected chi connectivity index (χ2v) is 9.09. The van der Waals surface area contributed by atoms with Crippen molar-refractivity contribution < 1.29 is 34.2 Å². The zero-order valence-electron chi connectivity index (χ0n) is 21.4. The molecule has 37 heavy (non-hydrogen) atoms. The summed E-state index contributed by atoms with van der Waals surface area (Å²) in [6, 6.07) is -4.83. The number of unbranched alkanes of at least 4 members (excludes halogenated alkanes) is 1. The quantitative estimate of drug-likeness (QED) is 0.0480. The number of hydrogen-bond donors (Lipinski definition) is 9. The summed E-state index contributed by atoms with van der Waals surface area (Å²) in [6.45, 7) is 4.13. The maximum atomic E-state index is 13.1. The van der Waals surface area contributed by atoms with E-state index >= 15 is 0 Å². The summed E-state index contributed by atoms with van der Waals surface area (Å²) in [5.41, 5.74) is 21.7. The highest BCUT2D eigenvalue weighted by molar-refractivity contribution is 5.94. The van der Waals surface area contributed by atoms with E-state index in [0.717, 1.165) is 0 Å². The van der Waals surface area contributed by atoms with Gasteiger partial charge in [0.05, 0.1) is 12.5 Å². The van der Waals surface area contributed by atoms with Crippen molar-refractivity contribution in [1.82, 2.24) is 16.0 Å². The lowest BCUT2D eigenvalue weighted by molar-refractivity contribution is -0.142. The lowest BCUT2D eigenvalue weighted by Crippen LogP contribution is -2.57. The molecule has 0 aromatic heterocycles. The van der Waals surface area contributed by atoms with Gasteiger partial charge in [0.15, 0.2) is 5.96 Å². The first-order valence-electron chi connectivity index (χ1n) is 12.1. The van der Waals surface area contributed by atoms with Crippen molar-refractivity contribution in [2.24, 2.45) is 33.8 Å². The number of hydrogen-bond acceptors (Lipinski definition) is 8. The maximum Gasteiger partial charge on any atom is 0.326 e. The van der Waals surface area contributed by atoms with E-state index in [1.165, 1.54) is 0 Å². The van der Waals surface area contributed by atoms with E-state index in [9.17, 15) is 29.1 Å². The zero-order chi connectivity index (χ0) is 28.5. The normalized spacial score (nSPS) is 14.1. The fourth-order valence-corrected chi connectivity index (χ4v) is 3.33. The third-order valence-electron chi connectivity index (χ3n) is 5.21. The molecular formula is C22H42N8O7. The first-order valence-corrected chi connectivity index (χ1v) is 12.1. The molecule has 3 amide bonds. The summed E-state index contributed by atoms with van der Waals surface area (Å²) in [4.78, 5) is 64.7.